The van der Waals surface area contributed by atoms with Gasteiger partial charge in [0.15, 0.2) is 0 Å². The SMILES string of the molecule is Cc1cc(COC(=O)c2ccc3c(c2)C(=O)N(c2ccc(Cl)cc2)C3=O)no1. The Balaban J connectivity index is 1.56. The largest absolute Gasteiger partial charge is 0.455 e. The van der Waals surface area contributed by atoms with Crippen molar-refractivity contribution in [3.8, 4) is 0 Å². The van der Waals surface area contributed by atoms with Gasteiger partial charge in [0, 0.05) is 11.1 Å². The molecule has 0 N–H and O–H groups in total. The minimum atomic E-state index is -0.631. The first kappa shape index (κ1) is 17.9. The molecule has 0 spiro atoms. The molecule has 8 heteroatoms. The van der Waals surface area contributed by atoms with Crippen LogP contribution in [0, 0.1) is 6.92 Å². The molecule has 1 aliphatic heterocycles. The molecular weight excluding hydrogens is 384 g/mol. The molecule has 0 radical (unpaired) electrons. The van der Waals surface area contributed by atoms with Crippen molar-refractivity contribution in [3.05, 3.63) is 81.7 Å². The number of ether oxygens (including phenoxy) is 1. The monoisotopic (exact) mass is 396 g/mol. The first-order chi connectivity index (χ1) is 13.4. The number of benzene rings is 2. The van der Waals surface area contributed by atoms with Crippen molar-refractivity contribution in [1.82, 2.24) is 5.16 Å². The van der Waals surface area contributed by atoms with E-state index in [-0.39, 0.29) is 23.3 Å². The quantitative estimate of drug-likeness (QED) is 0.492. The maximum absolute atomic E-state index is 12.7. The van der Waals surface area contributed by atoms with Crippen LogP contribution in [-0.4, -0.2) is 22.9 Å². The van der Waals surface area contributed by atoms with Gasteiger partial charge in [-0.2, -0.15) is 0 Å². The van der Waals surface area contributed by atoms with Gasteiger partial charge in [-0.1, -0.05) is 16.8 Å². The molecule has 4 rings (SSSR count). The van der Waals surface area contributed by atoms with Gasteiger partial charge in [-0.05, 0) is 49.4 Å². The van der Waals surface area contributed by atoms with E-state index in [4.69, 9.17) is 20.9 Å². The van der Waals surface area contributed by atoms with E-state index in [0.29, 0.717) is 22.2 Å². The van der Waals surface area contributed by atoms with Gasteiger partial charge in [-0.3, -0.25) is 9.59 Å². The topological polar surface area (TPSA) is 89.7 Å². The number of amides is 2. The number of carbonyl (C=O) groups is 3. The van der Waals surface area contributed by atoms with Gasteiger partial charge in [-0.25, -0.2) is 9.69 Å². The fourth-order valence-corrected chi connectivity index (χ4v) is 3.03. The van der Waals surface area contributed by atoms with E-state index >= 15 is 0 Å². The molecule has 0 fully saturated rings. The molecule has 0 saturated heterocycles. The highest BCUT2D eigenvalue weighted by Crippen LogP contribution is 2.30. The Kier molecular flexibility index (Phi) is 4.44. The lowest BCUT2D eigenvalue weighted by Crippen LogP contribution is -2.29. The Hall–Kier alpha value is -3.45. The highest BCUT2D eigenvalue weighted by molar-refractivity contribution is 6.35. The van der Waals surface area contributed by atoms with Crippen molar-refractivity contribution in [2.24, 2.45) is 0 Å². The summed E-state index contributed by atoms with van der Waals surface area (Å²) in [6.45, 7) is 1.67. The number of rotatable bonds is 4. The summed E-state index contributed by atoms with van der Waals surface area (Å²) in [6.07, 6.45) is 0. The fraction of sp³-hybridized carbons (Fsp3) is 0.100. The van der Waals surface area contributed by atoms with Crippen LogP contribution in [0.1, 0.15) is 42.5 Å². The molecular formula is C20H13ClN2O5. The van der Waals surface area contributed by atoms with Crippen molar-refractivity contribution in [1.29, 1.82) is 0 Å². The molecule has 28 heavy (non-hydrogen) atoms. The summed E-state index contributed by atoms with van der Waals surface area (Å²) in [5.41, 5.74) is 1.42. The van der Waals surface area contributed by atoms with Gasteiger partial charge in [0.25, 0.3) is 11.8 Å². The zero-order chi connectivity index (χ0) is 19.8. The average molecular weight is 397 g/mol. The molecule has 1 aliphatic rings. The van der Waals surface area contributed by atoms with Gasteiger partial charge in [0.05, 0.1) is 22.4 Å². The molecule has 2 amide bonds. The van der Waals surface area contributed by atoms with Gasteiger partial charge < -0.3 is 9.26 Å². The Morgan fingerprint density at radius 2 is 1.79 bits per heavy atom. The van der Waals surface area contributed by atoms with Crippen LogP contribution in [0.3, 0.4) is 0 Å². The van der Waals surface area contributed by atoms with E-state index in [1.807, 2.05) is 0 Å². The molecule has 0 bridgehead atoms. The number of carbonyl (C=O) groups excluding carboxylic acids is 3. The molecule has 7 nitrogen and oxygen atoms in total. The predicted octanol–water partition coefficient (Wildman–Crippen LogP) is 3.79. The van der Waals surface area contributed by atoms with Crippen LogP contribution in [0.2, 0.25) is 5.02 Å². The minimum Gasteiger partial charge on any atom is -0.455 e. The van der Waals surface area contributed by atoms with Gasteiger partial charge in [0.1, 0.15) is 18.1 Å². The number of fused-ring (bicyclic) bond motifs is 1. The van der Waals surface area contributed by atoms with Gasteiger partial charge in [0.2, 0.25) is 0 Å². The van der Waals surface area contributed by atoms with Crippen molar-refractivity contribution in [3.63, 3.8) is 0 Å². The van der Waals surface area contributed by atoms with Crippen LogP contribution in [0.25, 0.3) is 0 Å². The zero-order valence-corrected chi connectivity index (χ0v) is 15.4. The third-order valence-corrected chi connectivity index (χ3v) is 4.49. The lowest BCUT2D eigenvalue weighted by Gasteiger charge is -2.13. The van der Waals surface area contributed by atoms with Crippen LogP contribution < -0.4 is 4.90 Å². The number of hydrogen-bond donors (Lipinski definition) is 0. The number of esters is 1. The summed E-state index contributed by atoms with van der Waals surface area (Å²) >= 11 is 5.86. The van der Waals surface area contributed by atoms with Crippen LogP contribution in [-0.2, 0) is 11.3 Å². The molecule has 0 unspecified atom stereocenters. The standard InChI is InChI=1S/C20H13ClN2O5/c1-11-8-14(22-28-11)10-27-20(26)12-2-7-16-17(9-12)19(25)23(18(16)24)15-5-3-13(21)4-6-15/h2-9H,10H2,1H3. The second-order valence-corrected chi connectivity index (χ2v) is 6.62. The number of imide groups is 1. The zero-order valence-electron chi connectivity index (χ0n) is 14.6. The van der Waals surface area contributed by atoms with Crippen LogP contribution in [0.5, 0.6) is 0 Å². The van der Waals surface area contributed by atoms with Crippen molar-refractivity contribution in [2.75, 3.05) is 4.90 Å². The number of aromatic nitrogens is 1. The summed E-state index contributed by atoms with van der Waals surface area (Å²) in [5.74, 6) is -0.993. The number of aryl methyl sites for hydroxylation is 1. The molecule has 140 valence electrons. The van der Waals surface area contributed by atoms with Crippen LogP contribution in [0.15, 0.2) is 53.1 Å². The first-order valence-corrected chi connectivity index (χ1v) is 8.69. The maximum atomic E-state index is 12.7. The molecule has 0 aliphatic carbocycles. The minimum absolute atomic E-state index is 0.0585. The Bertz CT molecular complexity index is 1100. The number of anilines is 1. The van der Waals surface area contributed by atoms with E-state index in [1.54, 1.807) is 37.3 Å². The molecule has 2 aromatic carbocycles. The van der Waals surface area contributed by atoms with Gasteiger partial charge in [-0.15, -0.1) is 0 Å². The van der Waals surface area contributed by atoms with Crippen molar-refractivity contribution < 1.29 is 23.6 Å². The van der Waals surface area contributed by atoms with E-state index in [0.717, 1.165) is 4.90 Å². The third-order valence-electron chi connectivity index (χ3n) is 4.24. The predicted molar refractivity (Wildman–Crippen MR) is 99.4 cm³/mol. The molecule has 0 saturated carbocycles. The molecule has 2 heterocycles. The summed E-state index contributed by atoms with van der Waals surface area (Å²) in [7, 11) is 0. The van der Waals surface area contributed by atoms with Crippen LogP contribution in [0.4, 0.5) is 5.69 Å². The second-order valence-electron chi connectivity index (χ2n) is 6.19. The number of hydrogen-bond acceptors (Lipinski definition) is 6. The summed E-state index contributed by atoms with van der Waals surface area (Å²) < 4.78 is 10.1. The van der Waals surface area contributed by atoms with Crippen LogP contribution >= 0.6 is 11.6 Å². The highest BCUT2D eigenvalue weighted by atomic mass is 35.5. The van der Waals surface area contributed by atoms with Crippen molar-refractivity contribution >= 4 is 35.1 Å². The van der Waals surface area contributed by atoms with E-state index in [1.165, 1.54) is 18.2 Å². The second kappa shape index (κ2) is 6.94. The molecule has 1 aromatic heterocycles. The Morgan fingerprint density at radius 1 is 1.07 bits per heavy atom. The third kappa shape index (κ3) is 3.16. The van der Waals surface area contributed by atoms with Gasteiger partial charge >= 0.3 is 5.97 Å². The Morgan fingerprint density at radius 3 is 2.46 bits per heavy atom. The van der Waals surface area contributed by atoms with E-state index < -0.39 is 17.8 Å². The first-order valence-electron chi connectivity index (χ1n) is 8.32. The fourth-order valence-electron chi connectivity index (χ4n) is 2.90. The number of nitrogens with zero attached hydrogens (tertiary/aromatic N) is 2. The highest BCUT2D eigenvalue weighted by Gasteiger charge is 2.37. The summed E-state index contributed by atoms with van der Waals surface area (Å²) in [5, 5.41) is 4.24. The maximum Gasteiger partial charge on any atom is 0.338 e. The Labute approximate surface area is 164 Å². The lowest BCUT2D eigenvalue weighted by molar-refractivity contribution is 0.0464. The smallest absolute Gasteiger partial charge is 0.338 e. The normalized spacial score (nSPS) is 13.0. The number of halogens is 1. The van der Waals surface area contributed by atoms with E-state index in [9.17, 15) is 14.4 Å². The lowest BCUT2D eigenvalue weighted by atomic mass is 10.1. The molecule has 3 aromatic rings. The van der Waals surface area contributed by atoms with E-state index in [2.05, 4.69) is 5.16 Å². The van der Waals surface area contributed by atoms with Crippen molar-refractivity contribution in [2.45, 2.75) is 13.5 Å². The molecule has 0 atom stereocenters. The average Bonchev–Trinajstić information content (AvgIpc) is 3.22. The summed E-state index contributed by atoms with van der Waals surface area (Å²) in [6, 6.07) is 12.3. The summed E-state index contributed by atoms with van der Waals surface area (Å²) in [4.78, 5) is 38.7.